The van der Waals surface area contributed by atoms with Crippen LogP contribution in [0.2, 0.25) is 0 Å². The number of urea groups is 1. The maximum Gasteiger partial charge on any atom is 0.319 e. The number of amides is 4. The second-order valence-corrected chi connectivity index (χ2v) is 8.47. The van der Waals surface area contributed by atoms with Gasteiger partial charge in [-0.2, -0.15) is 11.3 Å². The molecule has 29 heavy (non-hydrogen) atoms. The van der Waals surface area contributed by atoms with Crippen LogP contribution in [0.25, 0.3) is 0 Å². The van der Waals surface area contributed by atoms with Crippen LogP contribution < -0.4 is 16.0 Å². The van der Waals surface area contributed by atoms with Crippen molar-refractivity contribution in [3.8, 4) is 0 Å². The van der Waals surface area contributed by atoms with Crippen molar-refractivity contribution >= 4 is 34.9 Å². The summed E-state index contributed by atoms with van der Waals surface area (Å²) in [6.45, 7) is 3.65. The second-order valence-electron chi connectivity index (χ2n) is 7.69. The molecule has 10 heteroatoms. The Bertz CT molecular complexity index is 737. The van der Waals surface area contributed by atoms with Crippen LogP contribution in [0, 0.1) is 0 Å². The van der Waals surface area contributed by atoms with Crippen molar-refractivity contribution < 1.29 is 19.1 Å². The van der Waals surface area contributed by atoms with E-state index in [-0.39, 0.29) is 36.0 Å². The zero-order valence-corrected chi connectivity index (χ0v) is 17.1. The minimum atomic E-state index is -0.257. The van der Waals surface area contributed by atoms with Gasteiger partial charge in [0.1, 0.15) is 0 Å². The van der Waals surface area contributed by atoms with Crippen molar-refractivity contribution in [2.24, 2.45) is 0 Å². The molecule has 3 atom stereocenters. The standard InChI is InChI=1S/C19H27N5O4S/c25-17(23-4-6-28-7-5-23)2-1-15-10-20-18(26)16-9-14(11-24(15)16)22-19(27)21-13-3-8-29-12-13/h3,8,12,14-16H,1-2,4-7,9-11H2,(H,20,26)(H2,21,22,27)/t14-,15-,16+/m1/s1. The summed E-state index contributed by atoms with van der Waals surface area (Å²) in [5.74, 6) is 0.147. The lowest BCUT2D eigenvalue weighted by Gasteiger charge is -2.37. The molecule has 4 heterocycles. The molecule has 0 spiro atoms. The van der Waals surface area contributed by atoms with Crippen LogP contribution in [-0.4, -0.2) is 85.2 Å². The third-order valence-electron chi connectivity index (χ3n) is 5.79. The van der Waals surface area contributed by atoms with E-state index in [2.05, 4.69) is 20.9 Å². The van der Waals surface area contributed by atoms with Gasteiger partial charge in [-0.05, 0) is 24.3 Å². The first kappa shape index (κ1) is 20.1. The van der Waals surface area contributed by atoms with Gasteiger partial charge in [0.15, 0.2) is 0 Å². The number of nitrogens with one attached hydrogen (secondary N) is 3. The molecular weight excluding hydrogens is 394 g/mol. The largest absolute Gasteiger partial charge is 0.378 e. The van der Waals surface area contributed by atoms with Crippen molar-refractivity contribution in [1.82, 2.24) is 20.4 Å². The van der Waals surface area contributed by atoms with Gasteiger partial charge in [0.2, 0.25) is 11.8 Å². The number of piperazine rings is 1. The molecule has 0 unspecified atom stereocenters. The molecule has 9 nitrogen and oxygen atoms in total. The summed E-state index contributed by atoms with van der Waals surface area (Å²) in [7, 11) is 0. The SMILES string of the molecule is O=C(Nc1ccsc1)N[C@@H]1C[C@H]2C(=O)NC[C@@H](CCC(=O)N3CCOCC3)N2C1. The number of thiophene rings is 1. The fourth-order valence-electron chi connectivity index (χ4n) is 4.30. The van der Waals surface area contributed by atoms with E-state index in [0.29, 0.717) is 58.7 Å². The maximum absolute atomic E-state index is 12.5. The van der Waals surface area contributed by atoms with Crippen LogP contribution in [0.5, 0.6) is 0 Å². The van der Waals surface area contributed by atoms with E-state index in [4.69, 9.17) is 4.74 Å². The number of morpholine rings is 1. The minimum absolute atomic E-state index is 0.00305. The number of carbonyl (C=O) groups is 3. The van der Waals surface area contributed by atoms with Gasteiger partial charge in [0, 0.05) is 50.1 Å². The lowest BCUT2D eigenvalue weighted by molar-refractivity contribution is -0.136. The van der Waals surface area contributed by atoms with Crippen molar-refractivity contribution in [3.63, 3.8) is 0 Å². The van der Waals surface area contributed by atoms with Gasteiger partial charge >= 0.3 is 6.03 Å². The highest BCUT2D eigenvalue weighted by Gasteiger charge is 2.43. The van der Waals surface area contributed by atoms with Crippen molar-refractivity contribution in [3.05, 3.63) is 16.8 Å². The molecule has 1 aromatic rings. The molecular formula is C19H27N5O4S. The van der Waals surface area contributed by atoms with Gasteiger partial charge in [-0.3, -0.25) is 14.5 Å². The van der Waals surface area contributed by atoms with Crippen LogP contribution in [0.3, 0.4) is 0 Å². The summed E-state index contributed by atoms with van der Waals surface area (Å²) >= 11 is 1.52. The first-order chi connectivity index (χ1) is 14.1. The summed E-state index contributed by atoms with van der Waals surface area (Å²) < 4.78 is 5.30. The highest BCUT2D eigenvalue weighted by atomic mass is 32.1. The van der Waals surface area contributed by atoms with E-state index in [1.807, 2.05) is 21.7 Å². The molecule has 3 N–H and O–H groups in total. The number of ether oxygens (including phenoxy) is 1. The highest BCUT2D eigenvalue weighted by molar-refractivity contribution is 7.08. The fourth-order valence-corrected chi connectivity index (χ4v) is 4.89. The molecule has 3 aliphatic heterocycles. The van der Waals surface area contributed by atoms with E-state index in [0.717, 1.165) is 5.69 Å². The number of hydrogen-bond donors (Lipinski definition) is 3. The highest BCUT2D eigenvalue weighted by Crippen LogP contribution is 2.26. The quantitative estimate of drug-likeness (QED) is 0.641. The zero-order chi connectivity index (χ0) is 20.2. The van der Waals surface area contributed by atoms with Crippen LogP contribution >= 0.6 is 11.3 Å². The van der Waals surface area contributed by atoms with E-state index < -0.39 is 0 Å². The molecule has 0 saturated carbocycles. The molecule has 0 aromatic carbocycles. The minimum Gasteiger partial charge on any atom is -0.378 e. The van der Waals surface area contributed by atoms with Crippen LogP contribution in [0.15, 0.2) is 16.8 Å². The number of anilines is 1. The Morgan fingerprint density at radius 3 is 2.90 bits per heavy atom. The summed E-state index contributed by atoms with van der Waals surface area (Å²) in [5.41, 5.74) is 0.764. The predicted molar refractivity (Wildman–Crippen MR) is 109 cm³/mol. The number of rotatable bonds is 5. The Hall–Kier alpha value is -2.17. The van der Waals surface area contributed by atoms with E-state index in [9.17, 15) is 14.4 Å². The summed E-state index contributed by atoms with van der Waals surface area (Å²) in [6, 6.07) is 1.35. The van der Waals surface area contributed by atoms with E-state index >= 15 is 0 Å². The molecule has 0 aliphatic carbocycles. The Morgan fingerprint density at radius 2 is 2.14 bits per heavy atom. The molecule has 158 valence electrons. The number of fused-ring (bicyclic) bond motifs is 1. The van der Waals surface area contributed by atoms with Crippen LogP contribution in [0.1, 0.15) is 19.3 Å². The Balaban J connectivity index is 1.29. The maximum atomic E-state index is 12.5. The zero-order valence-electron chi connectivity index (χ0n) is 16.3. The molecule has 3 fully saturated rings. The second kappa shape index (κ2) is 9.10. The molecule has 4 amide bonds. The number of carbonyl (C=O) groups excluding carboxylic acids is 3. The summed E-state index contributed by atoms with van der Waals surface area (Å²) in [5, 5.41) is 12.5. The smallest absolute Gasteiger partial charge is 0.319 e. The fraction of sp³-hybridized carbons (Fsp3) is 0.632. The van der Waals surface area contributed by atoms with Gasteiger partial charge < -0.3 is 25.6 Å². The van der Waals surface area contributed by atoms with Gasteiger partial charge in [-0.1, -0.05) is 0 Å². The summed E-state index contributed by atoms with van der Waals surface area (Å²) in [4.78, 5) is 41.0. The Morgan fingerprint density at radius 1 is 1.31 bits per heavy atom. The van der Waals surface area contributed by atoms with Gasteiger partial charge in [-0.25, -0.2) is 4.79 Å². The molecule has 3 aliphatic rings. The average molecular weight is 422 g/mol. The van der Waals surface area contributed by atoms with Crippen molar-refractivity contribution in [2.75, 3.05) is 44.7 Å². The average Bonchev–Trinajstić information content (AvgIpc) is 3.38. The summed E-state index contributed by atoms with van der Waals surface area (Å²) in [6.07, 6.45) is 1.73. The first-order valence-electron chi connectivity index (χ1n) is 10.1. The number of hydrogen-bond acceptors (Lipinski definition) is 6. The van der Waals surface area contributed by atoms with Crippen LogP contribution in [-0.2, 0) is 14.3 Å². The molecule has 0 bridgehead atoms. The van der Waals surface area contributed by atoms with E-state index in [1.54, 1.807) is 0 Å². The molecule has 1 aromatic heterocycles. The molecule has 3 saturated heterocycles. The van der Waals surface area contributed by atoms with Gasteiger partial charge in [-0.15, -0.1) is 0 Å². The third kappa shape index (κ3) is 4.88. The Labute approximate surface area is 173 Å². The van der Waals surface area contributed by atoms with E-state index in [1.165, 1.54) is 11.3 Å². The Kier molecular flexibility index (Phi) is 6.31. The number of nitrogens with zero attached hydrogens (tertiary/aromatic N) is 2. The lowest BCUT2D eigenvalue weighted by atomic mass is 10.0. The first-order valence-corrected chi connectivity index (χ1v) is 11.0. The normalized spacial score (nSPS) is 27.2. The lowest BCUT2D eigenvalue weighted by Crippen LogP contribution is -2.58. The van der Waals surface area contributed by atoms with Crippen molar-refractivity contribution in [2.45, 2.75) is 37.4 Å². The predicted octanol–water partition coefficient (Wildman–Crippen LogP) is 0.450. The topological polar surface area (TPSA) is 103 Å². The van der Waals surface area contributed by atoms with Gasteiger partial charge in [0.05, 0.1) is 24.9 Å². The van der Waals surface area contributed by atoms with Gasteiger partial charge in [0.25, 0.3) is 0 Å². The van der Waals surface area contributed by atoms with Crippen LogP contribution in [0.4, 0.5) is 10.5 Å². The molecule has 4 rings (SSSR count). The third-order valence-corrected chi connectivity index (χ3v) is 6.48. The van der Waals surface area contributed by atoms with Crippen molar-refractivity contribution in [1.29, 1.82) is 0 Å². The molecule has 0 radical (unpaired) electrons. The monoisotopic (exact) mass is 421 g/mol.